The van der Waals surface area contributed by atoms with Crippen LogP contribution in [-0.2, 0) is 9.53 Å². The lowest BCUT2D eigenvalue weighted by Crippen LogP contribution is -2.39. The third-order valence-corrected chi connectivity index (χ3v) is 2.79. The van der Waals surface area contributed by atoms with Gasteiger partial charge in [0, 0.05) is 20.2 Å². The number of nitrogens with one attached hydrogen (secondary N) is 1. The maximum absolute atomic E-state index is 11.6. The van der Waals surface area contributed by atoms with E-state index in [-0.39, 0.29) is 11.3 Å². The van der Waals surface area contributed by atoms with Crippen LogP contribution in [0.25, 0.3) is 0 Å². The third-order valence-electron chi connectivity index (χ3n) is 2.79. The number of carbonyl (C=O) groups is 1. The molecule has 0 aromatic rings. The number of methoxy groups -OCH3 is 1. The predicted octanol–water partition coefficient (Wildman–Crippen LogP) is 0.124. The summed E-state index contributed by atoms with van der Waals surface area (Å²) in [5.41, 5.74) is 5.32. The Morgan fingerprint density at radius 3 is 2.71 bits per heavy atom. The number of ether oxygens (including phenoxy) is 1. The fourth-order valence-electron chi connectivity index (χ4n) is 1.47. The van der Waals surface area contributed by atoms with Gasteiger partial charge in [-0.2, -0.15) is 0 Å². The van der Waals surface area contributed by atoms with Gasteiger partial charge >= 0.3 is 0 Å². The average Bonchev–Trinajstić information content (AvgIpc) is 2.95. The molecular weight excluding hydrogens is 180 g/mol. The van der Waals surface area contributed by atoms with Crippen molar-refractivity contribution in [3.05, 3.63) is 0 Å². The van der Waals surface area contributed by atoms with Gasteiger partial charge in [0.25, 0.3) is 0 Å². The summed E-state index contributed by atoms with van der Waals surface area (Å²) in [5.74, 6) is 0.473. The second-order valence-corrected chi connectivity index (χ2v) is 4.25. The van der Waals surface area contributed by atoms with Crippen LogP contribution < -0.4 is 11.1 Å². The Hall–Kier alpha value is -0.610. The first-order valence-electron chi connectivity index (χ1n) is 5.12. The summed E-state index contributed by atoms with van der Waals surface area (Å²) in [6, 6.07) is 0. The largest absolute Gasteiger partial charge is 0.384 e. The van der Waals surface area contributed by atoms with Gasteiger partial charge in [-0.3, -0.25) is 4.79 Å². The van der Waals surface area contributed by atoms with Crippen LogP contribution >= 0.6 is 0 Å². The van der Waals surface area contributed by atoms with E-state index in [1.807, 2.05) is 6.92 Å². The van der Waals surface area contributed by atoms with E-state index in [4.69, 9.17) is 10.5 Å². The van der Waals surface area contributed by atoms with E-state index < -0.39 is 0 Å². The second-order valence-electron chi connectivity index (χ2n) is 4.25. The fraction of sp³-hybridized carbons (Fsp3) is 0.900. The predicted molar refractivity (Wildman–Crippen MR) is 54.8 cm³/mol. The Labute approximate surface area is 85.2 Å². The van der Waals surface area contributed by atoms with E-state index in [2.05, 4.69) is 5.32 Å². The Morgan fingerprint density at radius 2 is 2.29 bits per heavy atom. The molecule has 1 saturated carbocycles. The van der Waals surface area contributed by atoms with Crippen molar-refractivity contribution >= 4 is 5.91 Å². The summed E-state index contributed by atoms with van der Waals surface area (Å²) in [5, 5.41) is 2.92. The molecule has 0 aliphatic heterocycles. The van der Waals surface area contributed by atoms with Crippen molar-refractivity contribution in [2.75, 3.05) is 26.8 Å². The van der Waals surface area contributed by atoms with Crippen LogP contribution in [0, 0.1) is 11.3 Å². The second kappa shape index (κ2) is 4.75. The molecule has 4 nitrogen and oxygen atoms in total. The molecule has 0 radical (unpaired) electrons. The minimum Gasteiger partial charge on any atom is -0.384 e. The van der Waals surface area contributed by atoms with Crippen LogP contribution in [0.5, 0.6) is 0 Å². The number of amides is 1. The summed E-state index contributed by atoms with van der Waals surface area (Å²) in [6.45, 7) is 3.87. The normalized spacial score (nSPS) is 20.2. The zero-order valence-electron chi connectivity index (χ0n) is 9.01. The van der Waals surface area contributed by atoms with Crippen LogP contribution in [0.1, 0.15) is 19.8 Å². The molecule has 1 aliphatic carbocycles. The Morgan fingerprint density at radius 1 is 1.64 bits per heavy atom. The topological polar surface area (TPSA) is 64.3 Å². The molecule has 1 unspecified atom stereocenters. The summed E-state index contributed by atoms with van der Waals surface area (Å²) in [4.78, 5) is 11.6. The number of nitrogens with two attached hydrogens (primary N) is 1. The third kappa shape index (κ3) is 2.69. The minimum atomic E-state index is -0.229. The first-order valence-corrected chi connectivity index (χ1v) is 5.12. The van der Waals surface area contributed by atoms with Gasteiger partial charge in [0.15, 0.2) is 0 Å². The van der Waals surface area contributed by atoms with E-state index in [9.17, 15) is 4.79 Å². The molecule has 0 aromatic heterocycles. The standard InChI is InChI=1S/C10H20N2O2/c1-8(6-14-2)5-12-9(13)10(7-11)3-4-10/h8H,3-7,11H2,1-2H3,(H,12,13). The van der Waals surface area contributed by atoms with Crippen molar-refractivity contribution < 1.29 is 9.53 Å². The molecule has 1 amide bonds. The number of hydrogen-bond donors (Lipinski definition) is 2. The molecule has 3 N–H and O–H groups in total. The van der Waals surface area contributed by atoms with E-state index in [0.717, 1.165) is 12.8 Å². The summed E-state index contributed by atoms with van der Waals surface area (Å²) in [6.07, 6.45) is 1.88. The van der Waals surface area contributed by atoms with E-state index in [0.29, 0.717) is 25.6 Å². The molecule has 0 heterocycles. The highest BCUT2D eigenvalue weighted by Crippen LogP contribution is 2.44. The van der Waals surface area contributed by atoms with E-state index in [1.54, 1.807) is 7.11 Å². The van der Waals surface area contributed by atoms with Crippen molar-refractivity contribution in [3.63, 3.8) is 0 Å². The van der Waals surface area contributed by atoms with Crippen LogP contribution in [-0.4, -0.2) is 32.7 Å². The smallest absolute Gasteiger partial charge is 0.227 e. The first-order chi connectivity index (χ1) is 6.64. The number of carbonyl (C=O) groups excluding carboxylic acids is 1. The zero-order chi connectivity index (χ0) is 10.6. The fourth-order valence-corrected chi connectivity index (χ4v) is 1.47. The van der Waals surface area contributed by atoms with Crippen molar-refractivity contribution in [1.82, 2.24) is 5.32 Å². The molecule has 1 rings (SSSR count). The molecule has 1 atom stereocenters. The molecule has 1 aliphatic rings. The molecular formula is C10H20N2O2. The molecule has 0 saturated heterocycles. The van der Waals surface area contributed by atoms with Crippen molar-refractivity contribution in [1.29, 1.82) is 0 Å². The lowest BCUT2D eigenvalue weighted by molar-refractivity contribution is -0.126. The van der Waals surface area contributed by atoms with Crippen LogP contribution in [0.3, 0.4) is 0 Å². The highest BCUT2D eigenvalue weighted by Gasteiger charge is 2.48. The number of rotatable bonds is 6. The van der Waals surface area contributed by atoms with Crippen LogP contribution in [0.15, 0.2) is 0 Å². The van der Waals surface area contributed by atoms with Gasteiger partial charge in [0.2, 0.25) is 5.91 Å². The van der Waals surface area contributed by atoms with Crippen molar-refractivity contribution in [3.8, 4) is 0 Å². The summed E-state index contributed by atoms with van der Waals surface area (Å²) < 4.78 is 4.99. The quantitative estimate of drug-likeness (QED) is 0.640. The highest BCUT2D eigenvalue weighted by atomic mass is 16.5. The van der Waals surface area contributed by atoms with Crippen LogP contribution in [0.4, 0.5) is 0 Å². The van der Waals surface area contributed by atoms with Crippen molar-refractivity contribution in [2.45, 2.75) is 19.8 Å². The molecule has 0 aromatic carbocycles. The molecule has 14 heavy (non-hydrogen) atoms. The maximum atomic E-state index is 11.6. The lowest BCUT2D eigenvalue weighted by atomic mass is 10.1. The van der Waals surface area contributed by atoms with Gasteiger partial charge in [-0.05, 0) is 18.8 Å². The molecule has 4 heteroatoms. The van der Waals surface area contributed by atoms with Gasteiger partial charge < -0.3 is 15.8 Å². The summed E-state index contributed by atoms with van der Waals surface area (Å²) in [7, 11) is 1.67. The average molecular weight is 200 g/mol. The minimum absolute atomic E-state index is 0.114. The Bertz CT molecular complexity index is 202. The van der Waals surface area contributed by atoms with Gasteiger partial charge in [0.1, 0.15) is 0 Å². The van der Waals surface area contributed by atoms with Gasteiger partial charge in [0.05, 0.1) is 12.0 Å². The molecule has 82 valence electrons. The highest BCUT2D eigenvalue weighted by molar-refractivity contribution is 5.85. The molecule has 1 fully saturated rings. The number of hydrogen-bond acceptors (Lipinski definition) is 3. The molecule has 0 spiro atoms. The van der Waals surface area contributed by atoms with Crippen molar-refractivity contribution in [2.24, 2.45) is 17.1 Å². The SMILES string of the molecule is COCC(C)CNC(=O)C1(CN)CC1. The van der Waals surface area contributed by atoms with E-state index in [1.165, 1.54) is 0 Å². The van der Waals surface area contributed by atoms with Gasteiger partial charge in [-0.1, -0.05) is 6.92 Å². The zero-order valence-corrected chi connectivity index (χ0v) is 9.01. The van der Waals surface area contributed by atoms with E-state index >= 15 is 0 Å². The monoisotopic (exact) mass is 200 g/mol. The Kier molecular flexibility index (Phi) is 3.89. The first kappa shape index (κ1) is 11.5. The van der Waals surface area contributed by atoms with Gasteiger partial charge in [-0.25, -0.2) is 0 Å². The summed E-state index contributed by atoms with van der Waals surface area (Å²) >= 11 is 0. The maximum Gasteiger partial charge on any atom is 0.227 e. The van der Waals surface area contributed by atoms with Gasteiger partial charge in [-0.15, -0.1) is 0 Å². The Balaban J connectivity index is 2.21. The molecule has 0 bridgehead atoms. The lowest BCUT2D eigenvalue weighted by Gasteiger charge is -2.15. The van der Waals surface area contributed by atoms with Crippen LogP contribution in [0.2, 0.25) is 0 Å².